The first-order valence-electron chi connectivity index (χ1n) is 8.95. The van der Waals surface area contributed by atoms with Crippen molar-refractivity contribution < 1.29 is 19.4 Å². The second-order valence-corrected chi connectivity index (χ2v) is 6.29. The van der Waals surface area contributed by atoms with Gasteiger partial charge in [-0.05, 0) is 42.8 Å². The van der Waals surface area contributed by atoms with Crippen LogP contribution in [0.4, 0.5) is 0 Å². The number of para-hydroxylation sites is 1. The molecular weight excluding hydrogens is 356 g/mol. The van der Waals surface area contributed by atoms with Crippen LogP contribution in [0.1, 0.15) is 15.9 Å². The van der Waals surface area contributed by atoms with E-state index in [9.17, 15) is 9.90 Å². The molecule has 3 aromatic rings. The van der Waals surface area contributed by atoms with Crippen molar-refractivity contribution in [2.75, 3.05) is 13.2 Å². The van der Waals surface area contributed by atoms with Crippen LogP contribution in [0, 0.1) is 6.92 Å². The molecule has 1 heterocycles. The number of ether oxygens (including phenoxy) is 2. The fourth-order valence-corrected chi connectivity index (χ4v) is 2.45. The van der Waals surface area contributed by atoms with Crippen molar-refractivity contribution in [3.8, 4) is 17.4 Å². The summed E-state index contributed by atoms with van der Waals surface area (Å²) < 4.78 is 11.1. The van der Waals surface area contributed by atoms with Gasteiger partial charge in [0.2, 0.25) is 5.88 Å². The van der Waals surface area contributed by atoms with E-state index in [-0.39, 0.29) is 19.1 Å². The first-order chi connectivity index (χ1) is 13.6. The van der Waals surface area contributed by atoms with E-state index >= 15 is 0 Å². The first-order valence-corrected chi connectivity index (χ1v) is 8.95. The summed E-state index contributed by atoms with van der Waals surface area (Å²) in [7, 11) is 0. The Kier molecular flexibility index (Phi) is 6.59. The van der Waals surface area contributed by atoms with E-state index in [1.807, 2.05) is 61.5 Å². The highest BCUT2D eigenvalue weighted by atomic mass is 16.5. The van der Waals surface area contributed by atoms with E-state index < -0.39 is 6.10 Å². The zero-order valence-corrected chi connectivity index (χ0v) is 15.5. The van der Waals surface area contributed by atoms with Crippen molar-refractivity contribution in [1.29, 1.82) is 0 Å². The maximum atomic E-state index is 12.2. The zero-order valence-electron chi connectivity index (χ0n) is 15.5. The second-order valence-electron chi connectivity index (χ2n) is 6.29. The van der Waals surface area contributed by atoms with Crippen LogP contribution in [0.5, 0.6) is 17.4 Å². The lowest BCUT2D eigenvalue weighted by Gasteiger charge is -2.13. The van der Waals surface area contributed by atoms with Gasteiger partial charge in [0.25, 0.3) is 5.91 Å². The molecule has 144 valence electrons. The van der Waals surface area contributed by atoms with E-state index in [2.05, 4.69) is 10.3 Å². The number of nitrogens with one attached hydrogen (secondary N) is 1. The van der Waals surface area contributed by atoms with Crippen LogP contribution in [-0.4, -0.2) is 35.3 Å². The number of nitrogens with zero attached hydrogens (tertiary/aromatic N) is 1. The van der Waals surface area contributed by atoms with Crippen LogP contribution in [0.2, 0.25) is 0 Å². The van der Waals surface area contributed by atoms with Gasteiger partial charge >= 0.3 is 0 Å². The van der Waals surface area contributed by atoms with Gasteiger partial charge in [0.05, 0.1) is 5.56 Å². The number of aryl methyl sites for hydroxylation is 1. The van der Waals surface area contributed by atoms with Gasteiger partial charge in [-0.1, -0.05) is 30.3 Å². The molecule has 0 aliphatic rings. The Morgan fingerprint density at radius 1 is 1.07 bits per heavy atom. The summed E-state index contributed by atoms with van der Waals surface area (Å²) >= 11 is 0. The van der Waals surface area contributed by atoms with E-state index in [0.717, 1.165) is 5.56 Å². The molecule has 1 unspecified atom stereocenters. The molecule has 1 amide bonds. The Balaban J connectivity index is 1.45. The molecule has 1 aromatic heterocycles. The van der Waals surface area contributed by atoms with Gasteiger partial charge in [0, 0.05) is 18.8 Å². The SMILES string of the molecule is Cc1cccc(OCC(O)CNC(=O)c2ccc(Oc3ccccc3)nc2)c1. The predicted octanol–water partition coefficient (Wildman–Crippen LogP) is 3.35. The first kappa shape index (κ1) is 19.4. The molecule has 1 atom stereocenters. The molecule has 0 bridgehead atoms. The number of benzene rings is 2. The topological polar surface area (TPSA) is 80.7 Å². The van der Waals surface area contributed by atoms with Gasteiger partial charge in [0.15, 0.2) is 0 Å². The fourth-order valence-electron chi connectivity index (χ4n) is 2.45. The lowest BCUT2D eigenvalue weighted by molar-refractivity contribution is 0.0843. The molecule has 2 N–H and O–H groups in total. The number of pyridine rings is 1. The molecule has 0 aliphatic carbocycles. The van der Waals surface area contributed by atoms with Gasteiger partial charge in [-0.15, -0.1) is 0 Å². The van der Waals surface area contributed by atoms with E-state index in [0.29, 0.717) is 22.9 Å². The summed E-state index contributed by atoms with van der Waals surface area (Å²) in [6, 6.07) is 20.1. The summed E-state index contributed by atoms with van der Waals surface area (Å²) in [5, 5.41) is 12.7. The van der Waals surface area contributed by atoms with Crippen molar-refractivity contribution in [2.45, 2.75) is 13.0 Å². The number of carbonyl (C=O) groups excluding carboxylic acids is 1. The fraction of sp³-hybridized carbons (Fsp3) is 0.182. The minimum atomic E-state index is -0.821. The van der Waals surface area contributed by atoms with Crippen molar-refractivity contribution in [2.24, 2.45) is 0 Å². The number of carbonyl (C=O) groups is 1. The summed E-state index contributed by atoms with van der Waals surface area (Å²) in [5.41, 5.74) is 1.46. The van der Waals surface area contributed by atoms with E-state index in [4.69, 9.17) is 9.47 Å². The molecule has 6 nitrogen and oxygen atoms in total. The smallest absolute Gasteiger partial charge is 0.252 e. The number of hydrogen-bond donors (Lipinski definition) is 2. The summed E-state index contributed by atoms with van der Waals surface area (Å²) in [6.45, 7) is 2.13. The van der Waals surface area contributed by atoms with Gasteiger partial charge in [-0.25, -0.2) is 4.98 Å². The third-order valence-corrected chi connectivity index (χ3v) is 3.89. The molecule has 6 heteroatoms. The van der Waals surface area contributed by atoms with Crippen molar-refractivity contribution in [1.82, 2.24) is 10.3 Å². The van der Waals surface area contributed by atoms with Crippen LogP contribution < -0.4 is 14.8 Å². The van der Waals surface area contributed by atoms with Crippen molar-refractivity contribution in [3.05, 3.63) is 84.1 Å². The molecular formula is C22H22N2O4. The van der Waals surface area contributed by atoms with E-state index in [1.165, 1.54) is 6.20 Å². The second kappa shape index (κ2) is 9.53. The van der Waals surface area contributed by atoms with Crippen molar-refractivity contribution >= 4 is 5.91 Å². The third kappa shape index (κ3) is 5.82. The summed E-state index contributed by atoms with van der Waals surface area (Å²) in [6.07, 6.45) is 0.613. The van der Waals surface area contributed by atoms with Gasteiger partial charge in [-0.2, -0.15) is 0 Å². The molecule has 2 aromatic carbocycles. The summed E-state index contributed by atoms with van der Waals surface area (Å²) in [5.74, 6) is 1.43. The highest BCUT2D eigenvalue weighted by Crippen LogP contribution is 2.18. The number of rotatable bonds is 8. The van der Waals surface area contributed by atoms with Gasteiger partial charge in [0.1, 0.15) is 24.2 Å². The molecule has 0 spiro atoms. The lowest BCUT2D eigenvalue weighted by Crippen LogP contribution is -2.35. The molecule has 3 rings (SSSR count). The quantitative estimate of drug-likeness (QED) is 0.628. The number of amides is 1. The Morgan fingerprint density at radius 2 is 1.86 bits per heavy atom. The van der Waals surface area contributed by atoms with Crippen LogP contribution in [0.15, 0.2) is 72.9 Å². The monoisotopic (exact) mass is 378 g/mol. The number of hydrogen-bond acceptors (Lipinski definition) is 5. The lowest BCUT2D eigenvalue weighted by atomic mass is 10.2. The molecule has 0 saturated carbocycles. The number of aromatic nitrogens is 1. The number of aliphatic hydroxyl groups is 1. The predicted molar refractivity (Wildman–Crippen MR) is 106 cm³/mol. The normalized spacial score (nSPS) is 11.5. The average Bonchev–Trinajstić information content (AvgIpc) is 2.72. The third-order valence-electron chi connectivity index (χ3n) is 3.89. The Morgan fingerprint density at radius 3 is 2.57 bits per heavy atom. The Bertz CT molecular complexity index is 898. The molecule has 28 heavy (non-hydrogen) atoms. The average molecular weight is 378 g/mol. The van der Waals surface area contributed by atoms with Gasteiger partial charge in [-0.3, -0.25) is 4.79 Å². The van der Waals surface area contributed by atoms with Crippen LogP contribution >= 0.6 is 0 Å². The van der Waals surface area contributed by atoms with E-state index in [1.54, 1.807) is 12.1 Å². The minimum absolute atomic E-state index is 0.0763. The van der Waals surface area contributed by atoms with Crippen molar-refractivity contribution in [3.63, 3.8) is 0 Å². The molecule has 0 fully saturated rings. The molecule has 0 aliphatic heterocycles. The summed E-state index contributed by atoms with van der Waals surface area (Å²) in [4.78, 5) is 16.3. The molecule has 0 radical (unpaired) electrons. The highest BCUT2D eigenvalue weighted by molar-refractivity contribution is 5.93. The Hall–Kier alpha value is -3.38. The highest BCUT2D eigenvalue weighted by Gasteiger charge is 2.11. The largest absolute Gasteiger partial charge is 0.491 e. The molecule has 0 saturated heterocycles. The maximum absolute atomic E-state index is 12.2. The van der Waals surface area contributed by atoms with Crippen LogP contribution in [-0.2, 0) is 0 Å². The van der Waals surface area contributed by atoms with Gasteiger partial charge < -0.3 is 19.9 Å². The Labute approximate surface area is 163 Å². The van der Waals surface area contributed by atoms with Crippen LogP contribution in [0.25, 0.3) is 0 Å². The van der Waals surface area contributed by atoms with Crippen LogP contribution in [0.3, 0.4) is 0 Å². The standard InChI is InChI=1S/C22H22N2O4/c1-16-6-5-9-20(12-16)27-15-18(25)14-24-22(26)17-10-11-21(23-13-17)28-19-7-3-2-4-8-19/h2-13,18,25H,14-15H2,1H3,(H,24,26). The minimum Gasteiger partial charge on any atom is -0.491 e. The maximum Gasteiger partial charge on any atom is 0.252 e. The zero-order chi connectivity index (χ0) is 19.8. The number of aliphatic hydroxyl groups excluding tert-OH is 1.